The van der Waals surface area contributed by atoms with Crippen LogP contribution in [0.15, 0.2) is 12.1 Å². The highest BCUT2D eigenvalue weighted by Crippen LogP contribution is 2.45. The fourth-order valence-electron chi connectivity index (χ4n) is 3.42. The Labute approximate surface area is 117 Å². The van der Waals surface area contributed by atoms with Crippen LogP contribution in [0.2, 0.25) is 0 Å². The van der Waals surface area contributed by atoms with E-state index in [2.05, 4.69) is 43.1 Å². The molecule has 0 amide bonds. The van der Waals surface area contributed by atoms with Gasteiger partial charge in [0.2, 0.25) is 0 Å². The summed E-state index contributed by atoms with van der Waals surface area (Å²) in [6, 6.07) is 5.50. The summed E-state index contributed by atoms with van der Waals surface area (Å²) in [6.45, 7) is 11.5. The topological polar surface area (TPSA) is 15.3 Å². The van der Waals surface area contributed by atoms with Crippen molar-refractivity contribution in [1.82, 2.24) is 10.2 Å². The summed E-state index contributed by atoms with van der Waals surface area (Å²) in [5, 5.41) is 3.47. The molecule has 0 radical (unpaired) electrons. The van der Waals surface area contributed by atoms with Crippen LogP contribution in [0, 0.1) is 26.7 Å². The van der Waals surface area contributed by atoms with Crippen molar-refractivity contribution >= 4 is 0 Å². The fourth-order valence-corrected chi connectivity index (χ4v) is 3.42. The average molecular weight is 258 g/mol. The van der Waals surface area contributed by atoms with E-state index in [-0.39, 0.29) is 0 Å². The summed E-state index contributed by atoms with van der Waals surface area (Å²) >= 11 is 0. The van der Waals surface area contributed by atoms with Gasteiger partial charge in [0, 0.05) is 32.2 Å². The van der Waals surface area contributed by atoms with Gasteiger partial charge in [-0.05, 0) is 61.8 Å². The molecule has 2 nitrogen and oxygen atoms in total. The molecule has 0 spiro atoms. The summed E-state index contributed by atoms with van der Waals surface area (Å²) < 4.78 is 0. The van der Waals surface area contributed by atoms with Crippen LogP contribution in [0.1, 0.15) is 41.1 Å². The minimum atomic E-state index is 0.668. The molecule has 2 aliphatic rings. The van der Waals surface area contributed by atoms with E-state index >= 15 is 0 Å². The van der Waals surface area contributed by atoms with Crippen LogP contribution in [0.25, 0.3) is 0 Å². The van der Waals surface area contributed by atoms with Crippen LogP contribution in [0.3, 0.4) is 0 Å². The van der Waals surface area contributed by atoms with Crippen molar-refractivity contribution in [1.29, 1.82) is 0 Å². The molecule has 1 aliphatic carbocycles. The van der Waals surface area contributed by atoms with E-state index in [4.69, 9.17) is 0 Å². The number of nitrogens with one attached hydrogen (secondary N) is 1. The molecule has 1 atom stereocenters. The third-order valence-electron chi connectivity index (χ3n) is 4.81. The summed E-state index contributed by atoms with van der Waals surface area (Å²) in [7, 11) is 0. The Morgan fingerprint density at radius 1 is 1.00 bits per heavy atom. The van der Waals surface area contributed by atoms with Crippen molar-refractivity contribution in [3.05, 3.63) is 34.4 Å². The van der Waals surface area contributed by atoms with Crippen LogP contribution >= 0.6 is 0 Å². The Balaban J connectivity index is 1.93. The SMILES string of the molecule is Cc1cc(C)c(C(C2CC2)N2CCNCC2)cc1C. The molecule has 1 aliphatic heterocycles. The summed E-state index contributed by atoms with van der Waals surface area (Å²) in [5.74, 6) is 0.902. The Kier molecular flexibility index (Phi) is 3.64. The van der Waals surface area contributed by atoms with E-state index < -0.39 is 0 Å². The average Bonchev–Trinajstić information content (AvgIpc) is 3.22. The molecule has 1 N–H and O–H groups in total. The molecule has 2 fully saturated rings. The normalized spacial score (nSPS) is 22.5. The number of rotatable bonds is 3. The zero-order chi connectivity index (χ0) is 13.4. The highest BCUT2D eigenvalue weighted by Gasteiger charge is 2.37. The highest BCUT2D eigenvalue weighted by molar-refractivity contribution is 5.39. The standard InChI is InChI=1S/C17H26N2/c1-12-10-14(3)16(11-13(12)2)17(15-4-5-15)19-8-6-18-7-9-19/h10-11,15,17-18H,4-9H2,1-3H3. The molecule has 1 saturated heterocycles. The van der Waals surface area contributed by atoms with E-state index in [1.807, 2.05) is 0 Å². The van der Waals surface area contributed by atoms with Gasteiger partial charge in [0.1, 0.15) is 0 Å². The zero-order valence-electron chi connectivity index (χ0n) is 12.5. The van der Waals surface area contributed by atoms with Crippen LogP contribution in [0.5, 0.6) is 0 Å². The van der Waals surface area contributed by atoms with Gasteiger partial charge in [0.25, 0.3) is 0 Å². The largest absolute Gasteiger partial charge is 0.314 e. The van der Waals surface area contributed by atoms with Gasteiger partial charge in [0.15, 0.2) is 0 Å². The predicted molar refractivity (Wildman–Crippen MR) is 80.6 cm³/mol. The van der Waals surface area contributed by atoms with E-state index in [1.54, 1.807) is 5.56 Å². The zero-order valence-corrected chi connectivity index (χ0v) is 12.5. The van der Waals surface area contributed by atoms with Crippen molar-refractivity contribution in [3.8, 4) is 0 Å². The minimum absolute atomic E-state index is 0.668. The summed E-state index contributed by atoms with van der Waals surface area (Å²) in [4.78, 5) is 2.71. The van der Waals surface area contributed by atoms with E-state index in [9.17, 15) is 0 Å². The van der Waals surface area contributed by atoms with Gasteiger partial charge in [-0.2, -0.15) is 0 Å². The van der Waals surface area contributed by atoms with Gasteiger partial charge >= 0.3 is 0 Å². The van der Waals surface area contributed by atoms with Crippen LogP contribution in [0.4, 0.5) is 0 Å². The third kappa shape index (κ3) is 2.70. The van der Waals surface area contributed by atoms with E-state index in [1.165, 1.54) is 42.6 Å². The first-order valence-corrected chi connectivity index (χ1v) is 7.69. The third-order valence-corrected chi connectivity index (χ3v) is 4.81. The maximum atomic E-state index is 3.47. The molecule has 1 aromatic carbocycles. The molecule has 0 bridgehead atoms. The maximum absolute atomic E-state index is 3.47. The van der Waals surface area contributed by atoms with Gasteiger partial charge in [-0.15, -0.1) is 0 Å². The highest BCUT2D eigenvalue weighted by atomic mass is 15.2. The lowest BCUT2D eigenvalue weighted by Crippen LogP contribution is -2.45. The quantitative estimate of drug-likeness (QED) is 0.896. The van der Waals surface area contributed by atoms with Gasteiger partial charge in [-0.25, -0.2) is 0 Å². The summed E-state index contributed by atoms with van der Waals surface area (Å²) in [5.41, 5.74) is 5.95. The van der Waals surface area contributed by atoms with Gasteiger partial charge in [-0.1, -0.05) is 12.1 Å². The maximum Gasteiger partial charge on any atom is 0.0380 e. The Bertz CT molecular complexity index is 457. The Hall–Kier alpha value is -0.860. The molecule has 104 valence electrons. The monoisotopic (exact) mass is 258 g/mol. The van der Waals surface area contributed by atoms with Crippen LogP contribution in [-0.4, -0.2) is 31.1 Å². The number of benzene rings is 1. The van der Waals surface area contributed by atoms with Gasteiger partial charge < -0.3 is 5.32 Å². The molecule has 0 aromatic heterocycles. The van der Waals surface area contributed by atoms with Crippen molar-refractivity contribution in [2.24, 2.45) is 5.92 Å². The number of hydrogen-bond acceptors (Lipinski definition) is 2. The first-order chi connectivity index (χ1) is 9.16. The number of aryl methyl sites for hydroxylation is 3. The predicted octanol–water partition coefficient (Wildman–Crippen LogP) is 2.97. The van der Waals surface area contributed by atoms with Crippen LogP contribution in [-0.2, 0) is 0 Å². The second-order valence-corrected chi connectivity index (χ2v) is 6.36. The molecule has 1 aromatic rings. The first-order valence-electron chi connectivity index (χ1n) is 7.69. The second kappa shape index (κ2) is 5.26. The van der Waals surface area contributed by atoms with E-state index in [0.29, 0.717) is 6.04 Å². The fraction of sp³-hybridized carbons (Fsp3) is 0.647. The van der Waals surface area contributed by atoms with Crippen molar-refractivity contribution in [2.45, 2.75) is 39.7 Å². The number of hydrogen-bond donors (Lipinski definition) is 1. The van der Waals surface area contributed by atoms with Gasteiger partial charge in [-0.3, -0.25) is 4.90 Å². The molecule has 3 rings (SSSR count). The van der Waals surface area contributed by atoms with Crippen molar-refractivity contribution in [3.63, 3.8) is 0 Å². The lowest BCUT2D eigenvalue weighted by molar-refractivity contribution is 0.155. The molecule has 2 heteroatoms. The first kappa shape index (κ1) is 13.1. The Morgan fingerprint density at radius 3 is 2.26 bits per heavy atom. The number of nitrogens with zero attached hydrogens (tertiary/aromatic N) is 1. The van der Waals surface area contributed by atoms with Crippen molar-refractivity contribution in [2.75, 3.05) is 26.2 Å². The molecule has 1 saturated carbocycles. The van der Waals surface area contributed by atoms with E-state index in [0.717, 1.165) is 19.0 Å². The molecule has 1 unspecified atom stereocenters. The molecular formula is C17H26N2. The second-order valence-electron chi connectivity index (χ2n) is 6.36. The Morgan fingerprint density at radius 2 is 1.63 bits per heavy atom. The smallest absolute Gasteiger partial charge is 0.0380 e. The molecule has 19 heavy (non-hydrogen) atoms. The van der Waals surface area contributed by atoms with Crippen molar-refractivity contribution < 1.29 is 0 Å². The van der Waals surface area contributed by atoms with Crippen LogP contribution < -0.4 is 5.32 Å². The van der Waals surface area contributed by atoms with Gasteiger partial charge in [0.05, 0.1) is 0 Å². The minimum Gasteiger partial charge on any atom is -0.314 e. The molecule has 1 heterocycles. The molecular weight excluding hydrogens is 232 g/mol. The lowest BCUT2D eigenvalue weighted by Gasteiger charge is -2.36. The lowest BCUT2D eigenvalue weighted by atomic mass is 9.92. The summed E-state index contributed by atoms with van der Waals surface area (Å²) in [6.07, 6.45) is 2.84. The number of piperazine rings is 1.